The molecule has 0 amide bonds. The summed E-state index contributed by atoms with van der Waals surface area (Å²) < 4.78 is 0. The van der Waals surface area contributed by atoms with Crippen LogP contribution >= 0.6 is 11.3 Å². The van der Waals surface area contributed by atoms with Crippen LogP contribution in [0.3, 0.4) is 0 Å². The van der Waals surface area contributed by atoms with Gasteiger partial charge in [-0.25, -0.2) is 15.0 Å². The Hall–Kier alpha value is -1.99. The summed E-state index contributed by atoms with van der Waals surface area (Å²) in [7, 11) is 0. The fourth-order valence-corrected chi connectivity index (χ4v) is 4.23. The van der Waals surface area contributed by atoms with E-state index in [1.165, 1.54) is 10.9 Å². The number of hydrogen-bond donors (Lipinski definition) is 1. The molecular weight excluding hydrogens is 308 g/mol. The largest absolute Gasteiger partial charge is 0.353 e. The minimum absolute atomic E-state index is 0.271. The van der Waals surface area contributed by atoms with E-state index < -0.39 is 0 Å². The van der Waals surface area contributed by atoms with E-state index in [-0.39, 0.29) is 6.04 Å². The van der Waals surface area contributed by atoms with Crippen LogP contribution in [-0.2, 0) is 0 Å². The molecule has 1 saturated heterocycles. The van der Waals surface area contributed by atoms with Gasteiger partial charge in [0.2, 0.25) is 0 Å². The van der Waals surface area contributed by atoms with E-state index in [1.807, 2.05) is 12.4 Å². The highest BCUT2D eigenvalue weighted by Gasteiger charge is 2.30. The first kappa shape index (κ1) is 14.6. The molecule has 120 valence electrons. The molecule has 0 spiro atoms. The van der Waals surface area contributed by atoms with Crippen LogP contribution in [0, 0.1) is 6.92 Å². The predicted octanol–water partition coefficient (Wildman–Crippen LogP) is 2.61. The molecule has 0 bridgehead atoms. The van der Waals surface area contributed by atoms with Crippen LogP contribution in [0.25, 0.3) is 10.2 Å². The monoisotopic (exact) mass is 328 g/mol. The van der Waals surface area contributed by atoms with E-state index in [0.29, 0.717) is 0 Å². The zero-order valence-corrected chi connectivity index (χ0v) is 14.2. The normalized spacial score (nSPS) is 19.6. The molecule has 0 aliphatic carbocycles. The molecule has 1 unspecified atom stereocenters. The molecule has 1 aliphatic heterocycles. The maximum absolute atomic E-state index is 4.60. The number of aromatic nitrogens is 4. The van der Waals surface area contributed by atoms with E-state index >= 15 is 0 Å². The van der Waals surface area contributed by atoms with Gasteiger partial charge in [0.15, 0.2) is 0 Å². The number of thiophene rings is 1. The predicted molar refractivity (Wildman–Crippen MR) is 92.9 cm³/mol. The minimum Gasteiger partial charge on any atom is -0.353 e. The second-order valence-corrected chi connectivity index (χ2v) is 6.72. The molecule has 0 aromatic carbocycles. The highest BCUT2D eigenvalue weighted by Crippen LogP contribution is 2.33. The van der Waals surface area contributed by atoms with Crippen LogP contribution in [0.1, 0.15) is 24.4 Å². The van der Waals surface area contributed by atoms with Crippen molar-refractivity contribution in [1.82, 2.24) is 24.8 Å². The average molecular weight is 328 g/mol. The van der Waals surface area contributed by atoms with Crippen molar-refractivity contribution in [2.75, 3.05) is 31.1 Å². The van der Waals surface area contributed by atoms with Crippen LogP contribution < -0.4 is 4.90 Å². The smallest absolute Gasteiger partial charge is 0.141 e. The maximum Gasteiger partial charge on any atom is 0.141 e. The van der Waals surface area contributed by atoms with Crippen LogP contribution in [0.4, 0.5) is 5.82 Å². The third kappa shape index (κ3) is 2.49. The zero-order chi connectivity index (χ0) is 15.8. The number of anilines is 1. The van der Waals surface area contributed by atoms with E-state index in [4.69, 9.17) is 0 Å². The molecule has 0 saturated carbocycles. The lowest BCUT2D eigenvalue weighted by Crippen LogP contribution is -2.49. The topological polar surface area (TPSA) is 60.9 Å². The Bertz CT molecular complexity index is 796. The number of rotatable bonds is 3. The van der Waals surface area contributed by atoms with Gasteiger partial charge < -0.3 is 9.88 Å². The van der Waals surface area contributed by atoms with Gasteiger partial charge in [-0.2, -0.15) is 0 Å². The summed E-state index contributed by atoms with van der Waals surface area (Å²) >= 11 is 1.69. The summed E-state index contributed by atoms with van der Waals surface area (Å²) in [6.45, 7) is 8.25. The molecule has 4 heterocycles. The molecule has 7 heteroatoms. The Morgan fingerprint density at radius 3 is 3.00 bits per heavy atom. The number of aromatic amines is 1. The van der Waals surface area contributed by atoms with Gasteiger partial charge in [0.1, 0.15) is 22.8 Å². The first-order valence-corrected chi connectivity index (χ1v) is 8.83. The number of imidazole rings is 1. The van der Waals surface area contributed by atoms with E-state index in [1.54, 1.807) is 17.7 Å². The van der Waals surface area contributed by atoms with Gasteiger partial charge >= 0.3 is 0 Å². The fourth-order valence-electron chi connectivity index (χ4n) is 3.35. The van der Waals surface area contributed by atoms with E-state index in [0.717, 1.165) is 42.7 Å². The van der Waals surface area contributed by atoms with Crippen molar-refractivity contribution in [3.63, 3.8) is 0 Å². The van der Waals surface area contributed by atoms with Crippen molar-refractivity contribution >= 4 is 27.4 Å². The summed E-state index contributed by atoms with van der Waals surface area (Å²) in [6, 6.07) is 0.271. The van der Waals surface area contributed by atoms with Crippen LogP contribution in [0.5, 0.6) is 0 Å². The highest BCUT2D eigenvalue weighted by atomic mass is 32.1. The van der Waals surface area contributed by atoms with Gasteiger partial charge in [-0.05, 0) is 24.4 Å². The van der Waals surface area contributed by atoms with Gasteiger partial charge in [0, 0.05) is 32.0 Å². The quantitative estimate of drug-likeness (QED) is 0.801. The lowest BCUT2D eigenvalue weighted by molar-refractivity contribution is 0.180. The van der Waals surface area contributed by atoms with Crippen molar-refractivity contribution < 1.29 is 0 Å². The molecule has 1 fully saturated rings. The Labute approximate surface area is 139 Å². The number of likely N-dealkylation sites (N-methyl/N-ethyl adjacent to an activating group) is 1. The third-order valence-electron chi connectivity index (χ3n) is 4.57. The summed E-state index contributed by atoms with van der Waals surface area (Å²) in [6.07, 6.45) is 5.41. The Morgan fingerprint density at radius 2 is 2.22 bits per heavy atom. The number of piperazine rings is 1. The summed E-state index contributed by atoms with van der Waals surface area (Å²) in [5, 5.41) is 3.36. The molecule has 1 atom stereocenters. The maximum atomic E-state index is 4.60. The second kappa shape index (κ2) is 5.90. The molecular formula is C16H20N6S. The first-order chi connectivity index (χ1) is 11.3. The molecule has 4 rings (SSSR count). The Kier molecular flexibility index (Phi) is 3.74. The van der Waals surface area contributed by atoms with E-state index in [9.17, 15) is 0 Å². The number of hydrogen-bond acceptors (Lipinski definition) is 6. The Balaban J connectivity index is 1.71. The molecule has 3 aromatic heterocycles. The number of H-pyrrole nitrogens is 1. The molecule has 6 nitrogen and oxygen atoms in total. The van der Waals surface area contributed by atoms with Crippen LogP contribution in [0.2, 0.25) is 0 Å². The van der Waals surface area contributed by atoms with Crippen molar-refractivity contribution in [3.8, 4) is 0 Å². The van der Waals surface area contributed by atoms with Crippen LogP contribution in [0.15, 0.2) is 24.1 Å². The van der Waals surface area contributed by atoms with Crippen molar-refractivity contribution in [1.29, 1.82) is 0 Å². The van der Waals surface area contributed by atoms with Crippen molar-refractivity contribution in [3.05, 3.63) is 35.5 Å². The number of fused-ring (bicyclic) bond motifs is 1. The third-order valence-corrected chi connectivity index (χ3v) is 5.57. The fraction of sp³-hybridized carbons (Fsp3) is 0.438. The first-order valence-electron chi connectivity index (χ1n) is 7.95. The van der Waals surface area contributed by atoms with Crippen LogP contribution in [-0.4, -0.2) is 51.0 Å². The summed E-state index contributed by atoms with van der Waals surface area (Å²) in [4.78, 5) is 22.7. The Morgan fingerprint density at radius 1 is 1.30 bits per heavy atom. The highest BCUT2D eigenvalue weighted by molar-refractivity contribution is 7.17. The number of nitrogens with zero attached hydrogens (tertiary/aromatic N) is 5. The van der Waals surface area contributed by atoms with Crippen molar-refractivity contribution in [2.24, 2.45) is 0 Å². The number of nitrogens with one attached hydrogen (secondary N) is 1. The van der Waals surface area contributed by atoms with Crippen molar-refractivity contribution in [2.45, 2.75) is 19.9 Å². The second-order valence-electron chi connectivity index (χ2n) is 5.86. The number of aryl methyl sites for hydroxylation is 1. The standard InChI is InChI=1S/C16H20N6S/c1-3-21-6-7-22(8-12(21)14-17-4-5-18-14)15-13-11(2)9-23-16(13)20-10-19-15/h4-5,9-10,12H,3,6-8H2,1-2H3,(H,17,18). The lowest BCUT2D eigenvalue weighted by Gasteiger charge is -2.40. The SMILES string of the molecule is CCN1CCN(c2ncnc3scc(C)c23)CC1c1ncc[nH]1. The summed E-state index contributed by atoms with van der Waals surface area (Å²) in [5.74, 6) is 2.09. The molecule has 3 aromatic rings. The summed E-state index contributed by atoms with van der Waals surface area (Å²) in [5.41, 5.74) is 1.26. The molecule has 23 heavy (non-hydrogen) atoms. The van der Waals surface area contributed by atoms with Gasteiger partial charge in [-0.3, -0.25) is 4.90 Å². The zero-order valence-electron chi connectivity index (χ0n) is 13.4. The molecule has 1 N–H and O–H groups in total. The molecule has 0 radical (unpaired) electrons. The lowest BCUT2D eigenvalue weighted by atomic mass is 10.1. The van der Waals surface area contributed by atoms with Gasteiger partial charge in [0.25, 0.3) is 0 Å². The van der Waals surface area contributed by atoms with Gasteiger partial charge in [0.05, 0.1) is 11.4 Å². The average Bonchev–Trinajstić information content (AvgIpc) is 3.24. The molecule has 1 aliphatic rings. The van der Waals surface area contributed by atoms with Gasteiger partial charge in [-0.15, -0.1) is 11.3 Å². The van der Waals surface area contributed by atoms with E-state index in [2.05, 4.69) is 49.0 Å². The van der Waals surface area contributed by atoms with Gasteiger partial charge in [-0.1, -0.05) is 6.92 Å². The minimum atomic E-state index is 0.271.